The molecule has 0 N–H and O–H groups in total. The Hall–Kier alpha value is -3.87. The molecular formula is C25H23NO6. The highest BCUT2D eigenvalue weighted by Crippen LogP contribution is 2.45. The van der Waals surface area contributed by atoms with Crippen molar-refractivity contribution in [3.8, 4) is 5.88 Å². The van der Waals surface area contributed by atoms with Crippen molar-refractivity contribution in [1.29, 1.82) is 0 Å². The number of esters is 2. The topological polar surface area (TPSA) is 83.8 Å². The van der Waals surface area contributed by atoms with Crippen LogP contribution in [0.1, 0.15) is 42.1 Å². The van der Waals surface area contributed by atoms with Crippen LogP contribution in [0.5, 0.6) is 5.88 Å². The Morgan fingerprint density at radius 3 is 2.41 bits per heavy atom. The van der Waals surface area contributed by atoms with E-state index >= 15 is 0 Å². The molecule has 0 fully saturated rings. The summed E-state index contributed by atoms with van der Waals surface area (Å²) in [7, 11) is 0. The van der Waals surface area contributed by atoms with E-state index in [9.17, 15) is 14.4 Å². The molecule has 2 aromatic carbocycles. The van der Waals surface area contributed by atoms with Crippen LogP contribution in [0, 0.1) is 0 Å². The van der Waals surface area contributed by atoms with Gasteiger partial charge >= 0.3 is 11.9 Å². The van der Waals surface area contributed by atoms with Gasteiger partial charge in [0, 0.05) is 22.9 Å². The molecule has 2 heterocycles. The Morgan fingerprint density at radius 1 is 1.00 bits per heavy atom. The lowest BCUT2D eigenvalue weighted by molar-refractivity contribution is -0.145. The second kappa shape index (κ2) is 9.09. The third-order valence-electron chi connectivity index (χ3n) is 5.21. The van der Waals surface area contributed by atoms with Gasteiger partial charge in [-0.25, -0.2) is 9.36 Å². The van der Waals surface area contributed by atoms with Gasteiger partial charge in [-0.05, 0) is 32.0 Å². The molecule has 0 bridgehead atoms. The lowest BCUT2D eigenvalue weighted by atomic mass is 9.92. The van der Waals surface area contributed by atoms with Crippen LogP contribution in [0.2, 0.25) is 0 Å². The predicted octanol–water partition coefficient (Wildman–Crippen LogP) is 4.21. The molecule has 7 heteroatoms. The van der Waals surface area contributed by atoms with Gasteiger partial charge in [0.1, 0.15) is 5.76 Å². The molecular weight excluding hydrogens is 410 g/mol. The molecule has 164 valence electrons. The number of rotatable bonds is 5. The molecule has 1 aliphatic rings. The number of ether oxygens (including phenoxy) is 3. The molecule has 0 spiro atoms. The smallest absolute Gasteiger partial charge is 0.334 e. The van der Waals surface area contributed by atoms with E-state index in [0.29, 0.717) is 16.6 Å². The minimum Gasteiger partial charge on any atom is -0.466 e. The molecule has 1 aromatic heterocycles. The number of carbonyl (C=O) groups excluding carboxylic acids is 3. The maximum atomic E-state index is 13.5. The van der Waals surface area contributed by atoms with Crippen LogP contribution in [0.15, 0.2) is 66.4 Å². The van der Waals surface area contributed by atoms with Crippen LogP contribution in [-0.4, -0.2) is 35.6 Å². The highest BCUT2D eigenvalue weighted by atomic mass is 16.5. The molecule has 0 radical (unpaired) electrons. The van der Waals surface area contributed by atoms with Crippen LogP contribution < -0.4 is 4.74 Å². The standard InChI is InChI=1S/C25H23NO6/c1-3-30-21(27)15-17-14-19(25(29)31-4-2)22-18-12-8-9-13-20(18)26(24(22)32-17)23(28)16-10-6-5-7-11-16/h5-13,15,19H,3-4,14H2,1-2H3/b17-15+. The summed E-state index contributed by atoms with van der Waals surface area (Å²) >= 11 is 0. The lowest BCUT2D eigenvalue weighted by Gasteiger charge is -2.25. The van der Waals surface area contributed by atoms with Crippen molar-refractivity contribution in [1.82, 2.24) is 4.57 Å². The second-order valence-electron chi connectivity index (χ2n) is 7.22. The molecule has 0 amide bonds. The summed E-state index contributed by atoms with van der Waals surface area (Å²) < 4.78 is 17.8. The van der Waals surface area contributed by atoms with Crippen LogP contribution in [0.3, 0.4) is 0 Å². The number of carbonyl (C=O) groups is 3. The first kappa shape index (κ1) is 21.4. The molecule has 7 nitrogen and oxygen atoms in total. The normalized spacial score (nSPS) is 16.3. The summed E-state index contributed by atoms with van der Waals surface area (Å²) in [5, 5.41) is 0.722. The van der Waals surface area contributed by atoms with E-state index in [1.54, 1.807) is 44.2 Å². The largest absolute Gasteiger partial charge is 0.466 e. The Labute approximate surface area is 185 Å². The van der Waals surface area contributed by atoms with Crippen molar-refractivity contribution in [3.63, 3.8) is 0 Å². The number of fused-ring (bicyclic) bond motifs is 3. The summed E-state index contributed by atoms with van der Waals surface area (Å²) in [6.07, 6.45) is 1.34. The van der Waals surface area contributed by atoms with E-state index in [4.69, 9.17) is 14.2 Å². The Bertz CT molecular complexity index is 1210. The average molecular weight is 433 g/mol. The fraction of sp³-hybridized carbons (Fsp3) is 0.240. The summed E-state index contributed by atoms with van der Waals surface area (Å²) in [5.74, 6) is -1.61. The monoisotopic (exact) mass is 433 g/mol. The van der Waals surface area contributed by atoms with Crippen LogP contribution in [0.25, 0.3) is 10.9 Å². The minimum atomic E-state index is -0.728. The molecule has 0 aliphatic carbocycles. The van der Waals surface area contributed by atoms with Gasteiger partial charge in [0.15, 0.2) is 0 Å². The van der Waals surface area contributed by atoms with Gasteiger partial charge in [0.2, 0.25) is 5.88 Å². The highest BCUT2D eigenvalue weighted by Gasteiger charge is 2.38. The quantitative estimate of drug-likeness (QED) is 0.443. The highest BCUT2D eigenvalue weighted by molar-refractivity contribution is 6.06. The lowest BCUT2D eigenvalue weighted by Crippen LogP contribution is -2.24. The summed E-state index contributed by atoms with van der Waals surface area (Å²) in [6.45, 7) is 3.86. The molecule has 3 aromatic rings. The van der Waals surface area contributed by atoms with Gasteiger partial charge in [-0.1, -0.05) is 36.4 Å². The molecule has 1 unspecified atom stereocenters. The zero-order valence-corrected chi connectivity index (χ0v) is 17.9. The van der Waals surface area contributed by atoms with E-state index in [0.717, 1.165) is 5.39 Å². The van der Waals surface area contributed by atoms with Crippen molar-refractivity contribution < 1.29 is 28.6 Å². The minimum absolute atomic E-state index is 0.123. The Kier molecular flexibility index (Phi) is 6.07. The Balaban J connectivity index is 1.93. The van der Waals surface area contributed by atoms with Crippen LogP contribution in [-0.2, 0) is 19.1 Å². The third kappa shape index (κ3) is 3.89. The molecule has 1 aliphatic heterocycles. The molecule has 0 saturated carbocycles. The van der Waals surface area contributed by atoms with E-state index in [2.05, 4.69) is 0 Å². The third-order valence-corrected chi connectivity index (χ3v) is 5.21. The van der Waals surface area contributed by atoms with E-state index in [1.165, 1.54) is 10.6 Å². The van der Waals surface area contributed by atoms with E-state index in [1.807, 2.05) is 24.3 Å². The first-order chi connectivity index (χ1) is 15.5. The summed E-state index contributed by atoms with van der Waals surface area (Å²) in [5.41, 5.74) is 1.65. The number of benzene rings is 2. The average Bonchev–Trinajstić information content (AvgIpc) is 3.13. The van der Waals surface area contributed by atoms with E-state index < -0.39 is 17.9 Å². The van der Waals surface area contributed by atoms with Crippen LogP contribution in [0.4, 0.5) is 0 Å². The van der Waals surface area contributed by atoms with Gasteiger partial charge in [-0.2, -0.15) is 0 Å². The van der Waals surface area contributed by atoms with Crippen molar-refractivity contribution in [2.45, 2.75) is 26.2 Å². The summed E-state index contributed by atoms with van der Waals surface area (Å²) in [4.78, 5) is 38.4. The Morgan fingerprint density at radius 2 is 1.69 bits per heavy atom. The number of nitrogens with zero attached hydrogens (tertiary/aromatic N) is 1. The fourth-order valence-electron chi connectivity index (χ4n) is 3.91. The maximum Gasteiger partial charge on any atom is 0.334 e. The second-order valence-corrected chi connectivity index (χ2v) is 7.22. The number of hydrogen-bond donors (Lipinski definition) is 0. The van der Waals surface area contributed by atoms with Gasteiger partial charge in [0.25, 0.3) is 5.91 Å². The number of aromatic nitrogens is 1. The van der Waals surface area contributed by atoms with Crippen molar-refractivity contribution in [2.24, 2.45) is 0 Å². The van der Waals surface area contributed by atoms with Crippen LogP contribution >= 0.6 is 0 Å². The van der Waals surface area contributed by atoms with Gasteiger partial charge < -0.3 is 14.2 Å². The first-order valence-corrected chi connectivity index (χ1v) is 10.5. The van der Waals surface area contributed by atoms with Crippen molar-refractivity contribution in [2.75, 3.05) is 13.2 Å². The van der Waals surface area contributed by atoms with Gasteiger partial charge in [-0.15, -0.1) is 0 Å². The van der Waals surface area contributed by atoms with Crippen molar-refractivity contribution in [3.05, 3.63) is 77.6 Å². The molecule has 0 saturated heterocycles. The zero-order valence-electron chi connectivity index (χ0n) is 17.9. The first-order valence-electron chi connectivity index (χ1n) is 10.5. The number of para-hydroxylation sites is 1. The zero-order chi connectivity index (χ0) is 22.7. The molecule has 1 atom stereocenters. The number of hydrogen-bond acceptors (Lipinski definition) is 6. The predicted molar refractivity (Wildman–Crippen MR) is 117 cm³/mol. The summed E-state index contributed by atoms with van der Waals surface area (Å²) in [6, 6.07) is 16.1. The van der Waals surface area contributed by atoms with Gasteiger partial charge in [-0.3, -0.25) is 9.59 Å². The maximum absolute atomic E-state index is 13.5. The van der Waals surface area contributed by atoms with Gasteiger partial charge in [0.05, 0.1) is 30.7 Å². The van der Waals surface area contributed by atoms with E-state index in [-0.39, 0.29) is 37.2 Å². The molecule has 32 heavy (non-hydrogen) atoms. The van der Waals surface area contributed by atoms with Crippen molar-refractivity contribution >= 4 is 28.7 Å². The molecule has 4 rings (SSSR count). The fourth-order valence-corrected chi connectivity index (χ4v) is 3.91. The SMILES string of the molecule is CCOC(=O)/C=C1\CC(C(=O)OCC)c2c(n(C(=O)c3ccccc3)c3ccccc23)O1. The number of allylic oxidation sites excluding steroid dienone is 1.